The van der Waals surface area contributed by atoms with Crippen LogP contribution in [0.2, 0.25) is 0 Å². The molecular weight excluding hydrogens is 176 g/mol. The molecule has 0 saturated carbocycles. The van der Waals surface area contributed by atoms with Gasteiger partial charge in [-0.1, -0.05) is 0 Å². The summed E-state index contributed by atoms with van der Waals surface area (Å²) < 4.78 is 27.6. The van der Waals surface area contributed by atoms with E-state index in [2.05, 4.69) is 0 Å². The first kappa shape index (κ1) is 10.2. The first-order valence-corrected chi connectivity index (χ1v) is 4.56. The van der Waals surface area contributed by atoms with Gasteiger partial charge in [-0.3, -0.25) is 13.9 Å². The largest absolute Gasteiger partial charge is 0.470 e. The average molecular weight is 184 g/mol. The lowest BCUT2D eigenvalue weighted by atomic mass is 10.5. The van der Waals surface area contributed by atoms with E-state index in [1.165, 1.54) is 0 Å². The molecule has 0 aliphatic heterocycles. The van der Waals surface area contributed by atoms with Gasteiger partial charge in [0, 0.05) is 0 Å². The number of hydrogen-bond acceptors (Lipinski definition) is 3. The van der Waals surface area contributed by atoms with Crippen LogP contribution in [0.25, 0.3) is 0 Å². The van der Waals surface area contributed by atoms with Crippen molar-refractivity contribution in [3.63, 3.8) is 0 Å². The second-order valence-electron chi connectivity index (χ2n) is 2.13. The summed E-state index contributed by atoms with van der Waals surface area (Å²) in [5, 5.41) is 5.75. The lowest BCUT2D eigenvalue weighted by Crippen LogP contribution is -2.44. The predicted octanol–water partition coefficient (Wildman–Crippen LogP) is 0.0195. The molecule has 0 radical (unpaired) electrons. The number of ketones is 1. The monoisotopic (exact) mass is 184 g/mol. The summed E-state index contributed by atoms with van der Waals surface area (Å²) in [6, 6.07) is 0. The SMILES string of the molecule is CC(=O)CS(=O)(O)(O)C(=O)O. The molecule has 3 N–H and O–H groups in total. The van der Waals surface area contributed by atoms with E-state index in [-0.39, 0.29) is 0 Å². The summed E-state index contributed by atoms with van der Waals surface area (Å²) in [7, 11) is -5.75. The van der Waals surface area contributed by atoms with Gasteiger partial charge in [0.15, 0.2) is 9.63 Å². The zero-order valence-electron chi connectivity index (χ0n) is 5.68. The number of carboxylic acid groups (broad SMARTS) is 1. The van der Waals surface area contributed by atoms with Crippen LogP contribution in [0.1, 0.15) is 6.92 Å². The third-order valence-electron chi connectivity index (χ3n) is 0.814. The highest BCUT2D eigenvalue weighted by Crippen LogP contribution is 2.16. The first-order valence-electron chi connectivity index (χ1n) is 2.51. The molecule has 0 atom stereocenters. The third kappa shape index (κ3) is 2.74. The zero-order chi connectivity index (χ0) is 9.31. The van der Waals surface area contributed by atoms with Crippen LogP contribution in [-0.2, 0) is 14.4 Å². The number of carbonyl (C=O) groups is 2. The van der Waals surface area contributed by atoms with Gasteiger partial charge < -0.3 is 5.11 Å². The molecule has 6 nitrogen and oxygen atoms in total. The molecule has 0 rings (SSSR count). The average Bonchev–Trinajstić information content (AvgIpc) is 1.57. The van der Waals surface area contributed by atoms with E-state index in [9.17, 15) is 13.8 Å². The summed E-state index contributed by atoms with van der Waals surface area (Å²) in [6.07, 6.45) is 0. The van der Waals surface area contributed by atoms with Crippen molar-refractivity contribution in [3.8, 4) is 0 Å². The molecule has 0 heterocycles. The van der Waals surface area contributed by atoms with Crippen molar-refractivity contribution in [2.24, 2.45) is 0 Å². The molecule has 66 valence electrons. The van der Waals surface area contributed by atoms with Crippen molar-refractivity contribution < 1.29 is 28.0 Å². The molecular formula is C4H8O6S. The Bertz CT molecular complexity index is 260. The van der Waals surface area contributed by atoms with E-state index in [1.807, 2.05) is 0 Å². The summed E-state index contributed by atoms with van der Waals surface area (Å²) in [4.78, 5) is 20.2. The van der Waals surface area contributed by atoms with E-state index >= 15 is 0 Å². The molecule has 0 fully saturated rings. The Labute approximate surface area is 62.3 Å². The molecule has 0 aromatic rings. The van der Waals surface area contributed by atoms with Crippen LogP contribution in [-0.4, -0.2) is 35.3 Å². The Morgan fingerprint density at radius 3 is 1.82 bits per heavy atom. The maximum Gasteiger partial charge on any atom is 0.419 e. The molecule has 0 aromatic heterocycles. The zero-order valence-corrected chi connectivity index (χ0v) is 6.50. The van der Waals surface area contributed by atoms with Gasteiger partial charge in [0.2, 0.25) is 0 Å². The van der Waals surface area contributed by atoms with Crippen LogP contribution in [0.15, 0.2) is 0 Å². The normalized spacial score (nSPS) is 15.0. The topological polar surface area (TPSA) is 112 Å². The maximum atomic E-state index is 10.6. The van der Waals surface area contributed by atoms with Crippen LogP contribution in [0.5, 0.6) is 0 Å². The van der Waals surface area contributed by atoms with Crippen LogP contribution in [0, 0.1) is 0 Å². The maximum absolute atomic E-state index is 10.6. The minimum atomic E-state index is -5.75. The molecule has 0 aliphatic carbocycles. The lowest BCUT2D eigenvalue weighted by Gasteiger charge is -2.22. The quantitative estimate of drug-likeness (QED) is 0.557. The number of rotatable bonds is 2. The second-order valence-corrected chi connectivity index (χ2v) is 4.80. The van der Waals surface area contributed by atoms with Crippen LogP contribution < -0.4 is 0 Å². The summed E-state index contributed by atoms with van der Waals surface area (Å²) in [5.41, 5.74) is 0. The third-order valence-corrected chi connectivity index (χ3v) is 2.44. The van der Waals surface area contributed by atoms with Gasteiger partial charge in [-0.25, -0.2) is 9.00 Å². The smallest absolute Gasteiger partial charge is 0.419 e. The van der Waals surface area contributed by atoms with Crippen LogP contribution in [0.4, 0.5) is 4.79 Å². The lowest BCUT2D eigenvalue weighted by molar-refractivity contribution is -0.114. The highest BCUT2D eigenvalue weighted by molar-refractivity contribution is 8.23. The molecule has 0 saturated heterocycles. The van der Waals surface area contributed by atoms with Gasteiger partial charge in [0.1, 0.15) is 11.5 Å². The Morgan fingerprint density at radius 1 is 1.36 bits per heavy atom. The number of carbonyl (C=O) groups excluding carboxylic acids is 1. The summed E-state index contributed by atoms with van der Waals surface area (Å²) in [5.74, 6) is -2.14. The Hall–Kier alpha value is -0.790. The molecule has 0 amide bonds. The van der Waals surface area contributed by atoms with Crippen molar-refractivity contribution in [2.75, 3.05) is 5.75 Å². The molecule has 0 aliphatic rings. The molecule has 11 heavy (non-hydrogen) atoms. The van der Waals surface area contributed by atoms with Gasteiger partial charge in [-0.15, -0.1) is 0 Å². The predicted molar refractivity (Wildman–Crippen MR) is 37.0 cm³/mol. The molecule has 0 unspecified atom stereocenters. The van der Waals surface area contributed by atoms with Gasteiger partial charge >= 0.3 is 5.30 Å². The van der Waals surface area contributed by atoms with Gasteiger partial charge in [-0.05, 0) is 6.92 Å². The second kappa shape index (κ2) is 2.36. The fourth-order valence-electron chi connectivity index (χ4n) is 0.428. The van der Waals surface area contributed by atoms with E-state index in [1.54, 1.807) is 0 Å². The molecule has 0 bridgehead atoms. The molecule has 7 heteroatoms. The van der Waals surface area contributed by atoms with Crippen molar-refractivity contribution in [1.82, 2.24) is 0 Å². The fraction of sp³-hybridized carbons (Fsp3) is 0.500. The number of Topliss-reactive ketones (excluding diaryl/α,β-unsaturated/α-hetero) is 1. The van der Waals surface area contributed by atoms with Crippen molar-refractivity contribution in [3.05, 3.63) is 0 Å². The van der Waals surface area contributed by atoms with Crippen LogP contribution in [0.3, 0.4) is 0 Å². The van der Waals surface area contributed by atoms with Gasteiger partial charge in [0.05, 0.1) is 0 Å². The van der Waals surface area contributed by atoms with Crippen LogP contribution >= 0.6 is 0 Å². The Balaban J connectivity index is 4.83. The molecule has 0 spiro atoms. The highest BCUT2D eigenvalue weighted by Gasteiger charge is 2.41. The Kier molecular flexibility index (Phi) is 2.19. The van der Waals surface area contributed by atoms with Crippen molar-refractivity contribution in [1.29, 1.82) is 0 Å². The summed E-state index contributed by atoms with van der Waals surface area (Å²) >= 11 is 0. The molecule has 0 aromatic carbocycles. The van der Waals surface area contributed by atoms with E-state index < -0.39 is 26.5 Å². The van der Waals surface area contributed by atoms with Crippen molar-refractivity contribution in [2.45, 2.75) is 6.92 Å². The number of hydrogen-bond donors (Lipinski definition) is 3. The van der Waals surface area contributed by atoms with E-state index in [0.29, 0.717) is 0 Å². The summed E-state index contributed by atoms with van der Waals surface area (Å²) in [6.45, 7) is 0.906. The highest BCUT2D eigenvalue weighted by atomic mass is 32.3. The van der Waals surface area contributed by atoms with Gasteiger partial charge in [0.25, 0.3) is 0 Å². The van der Waals surface area contributed by atoms with E-state index in [0.717, 1.165) is 6.92 Å². The standard InChI is InChI=1S/C4H8O6S/c1-3(5)2-11(8,9,10)4(6)7/h2H2,1H3,(H,6,7)(H2,8,9,10). The minimum absolute atomic E-state index is 0.866. The first-order chi connectivity index (χ1) is 4.63. The Morgan fingerprint density at radius 2 is 1.73 bits per heavy atom. The minimum Gasteiger partial charge on any atom is -0.470 e. The van der Waals surface area contributed by atoms with E-state index in [4.69, 9.17) is 14.2 Å². The fourth-order valence-corrected chi connectivity index (χ4v) is 1.28. The van der Waals surface area contributed by atoms with Gasteiger partial charge in [-0.2, -0.15) is 0 Å². The van der Waals surface area contributed by atoms with Crippen molar-refractivity contribution >= 4 is 20.7 Å².